The lowest BCUT2D eigenvalue weighted by Gasteiger charge is -2.16. The number of nitrogens with zero attached hydrogens (tertiary/aromatic N) is 8. The molecule has 0 aliphatic rings. The van der Waals surface area contributed by atoms with Crippen LogP contribution >= 0.6 is 0 Å². The number of nitro benzene ring substituents is 2. The summed E-state index contributed by atoms with van der Waals surface area (Å²) in [4.78, 5) is 66.1. The molecule has 0 fully saturated rings. The molecule has 11 aromatic rings. The molecule has 0 saturated heterocycles. The fourth-order valence-electron chi connectivity index (χ4n) is 9.94. The number of carbonyl (C=O) groups excluding carboxylic acids is 2. The molecule has 8 aromatic carbocycles. The number of aliphatic hydroxyl groups is 1. The van der Waals surface area contributed by atoms with Gasteiger partial charge in [-0.15, -0.1) is 0 Å². The number of nitro groups is 2. The molecule has 4 atom stereocenters. The number of fused-ring (bicyclic) bond motifs is 3. The molecule has 0 aliphatic heterocycles. The summed E-state index contributed by atoms with van der Waals surface area (Å²) < 4.78 is 25.7. The van der Waals surface area contributed by atoms with Gasteiger partial charge in [0.25, 0.3) is 11.4 Å². The minimum atomic E-state index is -0.564. The maximum Gasteiger partial charge on any atom is 0.306 e. The number of nitrogens with one attached hydrogen (secondary N) is 1. The van der Waals surface area contributed by atoms with E-state index in [1.165, 1.54) is 54.9 Å². The summed E-state index contributed by atoms with van der Waals surface area (Å²) in [5.41, 5.74) is 27.0. The number of aliphatic hydroxyl groups excluding tert-OH is 1. The molecule has 8 N–H and O–H groups in total. The molecule has 518 valence electrons. The fraction of sp³-hybridized carbons (Fsp3) is 0.253. The Morgan fingerprint density at radius 1 is 0.475 bits per heavy atom. The fourth-order valence-corrected chi connectivity index (χ4v) is 9.94. The summed E-state index contributed by atoms with van der Waals surface area (Å²) in [7, 11) is 8.07. The van der Waals surface area contributed by atoms with E-state index in [-0.39, 0.29) is 47.2 Å². The van der Waals surface area contributed by atoms with E-state index in [9.17, 15) is 29.8 Å². The van der Waals surface area contributed by atoms with Gasteiger partial charge in [-0.1, -0.05) is 125 Å². The van der Waals surface area contributed by atoms with Crippen molar-refractivity contribution in [1.29, 1.82) is 0 Å². The summed E-state index contributed by atoms with van der Waals surface area (Å²) >= 11 is 0. The van der Waals surface area contributed by atoms with Gasteiger partial charge in [0.2, 0.25) is 0 Å². The van der Waals surface area contributed by atoms with Crippen LogP contribution in [0.5, 0.6) is 23.0 Å². The highest BCUT2D eigenvalue weighted by Crippen LogP contribution is 2.32. The van der Waals surface area contributed by atoms with E-state index >= 15 is 0 Å². The summed E-state index contributed by atoms with van der Waals surface area (Å²) in [5, 5.41) is 33.1. The van der Waals surface area contributed by atoms with E-state index in [1.54, 1.807) is 65.4 Å². The Morgan fingerprint density at radius 3 is 1.31 bits per heavy atom. The number of non-ortho nitro benzene ring substituents is 1. The molecule has 4 unspecified atom stereocenters. The van der Waals surface area contributed by atoms with Gasteiger partial charge in [0.05, 0.1) is 85.4 Å². The molecule has 0 saturated carbocycles. The van der Waals surface area contributed by atoms with E-state index in [2.05, 4.69) is 65.9 Å². The van der Waals surface area contributed by atoms with Crippen LogP contribution in [-0.4, -0.2) is 106 Å². The zero-order valence-corrected chi connectivity index (χ0v) is 57.0. The Labute approximate surface area is 575 Å². The summed E-state index contributed by atoms with van der Waals surface area (Å²) in [6.45, 7) is 9.41. The summed E-state index contributed by atoms with van der Waals surface area (Å²) in [6.07, 6.45) is 13.3. The number of hydrogen-bond acceptors (Lipinski definition) is 22. The minimum Gasteiger partial charge on any atom is -0.496 e. The van der Waals surface area contributed by atoms with Crippen LogP contribution in [0.2, 0.25) is 0 Å². The minimum absolute atomic E-state index is 0.00870. The van der Waals surface area contributed by atoms with Crippen molar-refractivity contribution in [1.82, 2.24) is 29.9 Å². The Kier molecular flexibility index (Phi) is 32.8. The number of aldehydes is 1. The van der Waals surface area contributed by atoms with E-state index in [1.807, 2.05) is 135 Å². The second kappa shape index (κ2) is 41.8. The number of carbonyl (C=O) groups is 2. The normalized spacial score (nSPS) is 11.4. The number of anilines is 4. The molecule has 99 heavy (non-hydrogen) atoms. The van der Waals surface area contributed by atoms with Crippen molar-refractivity contribution >= 4 is 79.5 Å². The number of nitrogen functional groups attached to an aromatic ring is 3. The summed E-state index contributed by atoms with van der Waals surface area (Å²) in [5.74, 6) is 4.43. The maximum absolute atomic E-state index is 11.1. The molecule has 0 radical (unpaired) electrons. The van der Waals surface area contributed by atoms with Crippen LogP contribution in [0.25, 0.3) is 33.1 Å². The second-order valence-electron chi connectivity index (χ2n) is 22.0. The van der Waals surface area contributed by atoms with Gasteiger partial charge in [-0.05, 0) is 119 Å². The highest BCUT2D eigenvalue weighted by Gasteiger charge is 2.17. The number of ether oxygens (including phenoxy) is 5. The first kappa shape index (κ1) is 77.8. The van der Waals surface area contributed by atoms with Crippen LogP contribution in [-0.2, 0) is 14.3 Å². The lowest BCUT2D eigenvalue weighted by atomic mass is 9.97. The van der Waals surface area contributed by atoms with Crippen molar-refractivity contribution in [2.75, 3.05) is 71.2 Å². The Balaban J connectivity index is 0.000000212. The molecule has 3 heterocycles. The van der Waals surface area contributed by atoms with E-state index in [0.29, 0.717) is 41.4 Å². The number of rotatable bonds is 20. The lowest BCUT2D eigenvalue weighted by Crippen LogP contribution is -2.07. The average Bonchev–Trinajstić information content (AvgIpc) is 0.943. The second-order valence-corrected chi connectivity index (χ2v) is 22.0. The van der Waals surface area contributed by atoms with Gasteiger partial charge in [-0.25, -0.2) is 4.98 Å². The van der Waals surface area contributed by atoms with Crippen LogP contribution in [0.1, 0.15) is 99.3 Å². The molecule has 24 nitrogen and oxygen atoms in total. The van der Waals surface area contributed by atoms with Crippen molar-refractivity contribution in [2.45, 2.75) is 77.0 Å². The molecule has 0 bridgehead atoms. The number of hydrogen-bond donors (Lipinski definition) is 5. The highest BCUT2D eigenvalue weighted by atomic mass is 16.6. The largest absolute Gasteiger partial charge is 0.496 e. The highest BCUT2D eigenvalue weighted by molar-refractivity contribution is 5.88. The lowest BCUT2D eigenvalue weighted by molar-refractivity contribution is -0.383. The number of benzene rings is 8. The first-order chi connectivity index (χ1) is 47.9. The zero-order chi connectivity index (χ0) is 72.1. The number of methoxy groups -OCH3 is 5. The Morgan fingerprint density at radius 2 is 0.859 bits per heavy atom. The van der Waals surface area contributed by atoms with Gasteiger partial charge in [-0.2, -0.15) is 0 Å². The predicted molar refractivity (Wildman–Crippen MR) is 389 cm³/mol. The van der Waals surface area contributed by atoms with Crippen LogP contribution in [0.15, 0.2) is 207 Å². The van der Waals surface area contributed by atoms with Gasteiger partial charge in [-0.3, -0.25) is 49.9 Å². The molecule has 11 rings (SSSR count). The van der Waals surface area contributed by atoms with Crippen molar-refractivity contribution in [2.24, 2.45) is 0 Å². The number of para-hydroxylation sites is 8. The quantitative estimate of drug-likeness (QED) is 0.0156. The van der Waals surface area contributed by atoms with Gasteiger partial charge in [0.1, 0.15) is 46.0 Å². The van der Waals surface area contributed by atoms with Crippen LogP contribution < -0.4 is 41.5 Å². The van der Waals surface area contributed by atoms with E-state index in [4.69, 9.17) is 41.3 Å². The topological polar surface area (TPSA) is 354 Å². The third-order valence-corrected chi connectivity index (χ3v) is 15.3. The molecular formula is C75H86N12O12. The van der Waals surface area contributed by atoms with Crippen LogP contribution in [0, 0.1) is 20.2 Å². The van der Waals surface area contributed by atoms with Gasteiger partial charge < -0.3 is 56.1 Å². The number of aromatic nitrogens is 6. The van der Waals surface area contributed by atoms with Crippen molar-refractivity contribution in [3.63, 3.8) is 0 Å². The molecule has 0 spiro atoms. The molecule has 3 aromatic heterocycles. The molecule has 24 heteroatoms. The van der Waals surface area contributed by atoms with E-state index in [0.717, 1.165) is 87.6 Å². The zero-order valence-electron chi connectivity index (χ0n) is 57.0. The molecule has 0 aliphatic carbocycles. The Bertz CT molecular complexity index is 4300. The first-order valence-corrected chi connectivity index (χ1v) is 31.5. The Hall–Kier alpha value is -11.9. The van der Waals surface area contributed by atoms with E-state index < -0.39 is 9.85 Å². The van der Waals surface area contributed by atoms with Crippen LogP contribution in [0.4, 0.5) is 34.1 Å². The molecule has 0 amide bonds. The van der Waals surface area contributed by atoms with Gasteiger partial charge in [0.15, 0.2) is 5.52 Å². The van der Waals surface area contributed by atoms with Crippen molar-refractivity contribution in [3.8, 4) is 23.0 Å². The molecular weight excluding hydrogens is 1260 g/mol. The third-order valence-electron chi connectivity index (χ3n) is 15.3. The predicted octanol–water partition coefficient (Wildman–Crippen LogP) is 14.7. The van der Waals surface area contributed by atoms with Crippen molar-refractivity contribution < 1.29 is 48.2 Å². The standard InChI is InChI=1S/C19H21N3O.C12H16O3.C11H16O2.C11H14O2.C8H5N3O2.C8H7N3.C6H7N3O2/c1-14(15-6-3-4-9-18(15)23-2)10-11-20-16-7-5-8-17-19(16)22-13-12-21-17;1-9(8-12(13)15-3)10-6-4-5-7-11(10)14-2;2*1-9(7-8-12)10-5-3-4-6-11(10)13-2;12-11(13)7-3-1-2-6-8(7)10-5-4-9-6;9-6-2-1-3-7-8(6)11-5-4-10-7;7-4-2-1-3-5(6(4)8)9(10)11/h3-9,12-14,20H,10-11H2,1-2H3;4-7,9H,8H2,1-3H3;3-6,9,12H,7-8H2,1-2H3;3-6,8-9H,7H2,1-2H3;1-5H;1-5H,9H2;1-3H,7-8H2. The number of nitrogens with two attached hydrogens (primary N) is 3. The average molecular weight is 1350 g/mol. The van der Waals surface area contributed by atoms with Crippen molar-refractivity contribution in [3.05, 3.63) is 250 Å². The smallest absolute Gasteiger partial charge is 0.306 e. The van der Waals surface area contributed by atoms with Crippen LogP contribution in [0.3, 0.4) is 0 Å². The third kappa shape index (κ3) is 24.0. The van der Waals surface area contributed by atoms with Gasteiger partial charge in [0, 0.05) is 68.9 Å². The van der Waals surface area contributed by atoms with Gasteiger partial charge >= 0.3 is 5.97 Å². The first-order valence-electron chi connectivity index (χ1n) is 31.5. The summed E-state index contributed by atoms with van der Waals surface area (Å²) in [6, 6.07) is 52.2. The monoisotopic (exact) mass is 1350 g/mol. The number of esters is 1. The maximum atomic E-state index is 11.1. The SMILES string of the molecule is COC(=O)CC(C)c1ccccc1OC.COc1ccccc1C(C)CC=O.COc1ccccc1C(C)CCNc1cccc2nccnc12.COc1ccccc1C(C)CCO.Nc1cccc([N+](=O)[O-])c1N.Nc1cccc2nccnc12.O=[N+]([O-])c1cccc2nccnc12.